The van der Waals surface area contributed by atoms with Gasteiger partial charge in [0.05, 0.1) is 51.9 Å². The number of carboxylic acid groups (broad SMARTS) is 1. The van der Waals surface area contributed by atoms with Crippen molar-refractivity contribution in [1.82, 2.24) is 15.6 Å². The number of unbranched alkanes of at least 4 members (excludes halogenated alkanes) is 2. The molecular weight excluding hydrogens is 819 g/mol. The summed E-state index contributed by atoms with van der Waals surface area (Å²) in [5.74, 6) is 0.763. The van der Waals surface area contributed by atoms with Gasteiger partial charge in [-0.25, -0.2) is 9.78 Å². The molecular formula is C50H67N3O11. The number of pyridine rings is 1. The van der Waals surface area contributed by atoms with Gasteiger partial charge in [-0.2, -0.15) is 0 Å². The summed E-state index contributed by atoms with van der Waals surface area (Å²) in [4.78, 5) is 40.3. The van der Waals surface area contributed by atoms with Crippen LogP contribution < -0.4 is 24.8 Å². The molecule has 0 atom stereocenters. The van der Waals surface area contributed by atoms with Crippen LogP contribution in [0.2, 0.25) is 0 Å². The van der Waals surface area contributed by atoms with Crippen LogP contribution in [0.15, 0.2) is 91.0 Å². The molecule has 0 fully saturated rings. The van der Waals surface area contributed by atoms with E-state index in [-0.39, 0.29) is 18.7 Å². The maximum absolute atomic E-state index is 12.4. The van der Waals surface area contributed by atoms with Crippen molar-refractivity contribution in [2.45, 2.75) is 84.2 Å². The van der Waals surface area contributed by atoms with Crippen molar-refractivity contribution >= 4 is 18.0 Å². The first-order valence-electron chi connectivity index (χ1n) is 22.4. The molecule has 1 heterocycles. The highest BCUT2D eigenvalue weighted by Gasteiger charge is 2.16. The van der Waals surface area contributed by atoms with E-state index >= 15 is 0 Å². The van der Waals surface area contributed by atoms with E-state index in [0.29, 0.717) is 121 Å². The van der Waals surface area contributed by atoms with Crippen LogP contribution in [0.25, 0.3) is 22.4 Å². The van der Waals surface area contributed by atoms with Crippen LogP contribution in [0, 0.1) is 0 Å². The number of hydrogen-bond donors (Lipinski definition) is 3. The van der Waals surface area contributed by atoms with Crippen LogP contribution in [0.5, 0.6) is 17.4 Å². The van der Waals surface area contributed by atoms with E-state index in [1.807, 2.05) is 87.5 Å². The average molecular weight is 886 g/mol. The number of nitrogens with one attached hydrogen (secondary N) is 2. The molecule has 0 unspecified atom stereocenters. The number of carbonyl (C=O) groups excluding carboxylic acids is 2. The summed E-state index contributed by atoms with van der Waals surface area (Å²) < 4.78 is 40.1. The minimum Gasteiger partial charge on any atom is -0.493 e. The normalized spacial score (nSPS) is 11.2. The molecule has 0 bridgehead atoms. The highest BCUT2D eigenvalue weighted by molar-refractivity contribution is 5.75. The number of amides is 2. The van der Waals surface area contributed by atoms with Gasteiger partial charge in [0.2, 0.25) is 11.8 Å². The topological polar surface area (TPSA) is 173 Å². The van der Waals surface area contributed by atoms with Gasteiger partial charge in [-0.1, -0.05) is 66.7 Å². The SMILES string of the molecule is CC(C)(C)OC(=O)NCCCOCCOCCOCCCNC(=O)CCCOc1cccc(OCCCCCOc2cc(-c3ccccc3)cc(-c3ccccc3)n2)c1CCC(=O)O. The van der Waals surface area contributed by atoms with Gasteiger partial charge in [0.15, 0.2) is 0 Å². The third-order valence-electron chi connectivity index (χ3n) is 9.42. The van der Waals surface area contributed by atoms with Gasteiger partial charge in [0, 0.05) is 56.3 Å². The van der Waals surface area contributed by atoms with E-state index in [1.165, 1.54) is 0 Å². The first-order chi connectivity index (χ1) is 31.1. The summed E-state index contributed by atoms with van der Waals surface area (Å²) >= 11 is 0. The Morgan fingerprint density at radius 2 is 1.12 bits per heavy atom. The Bertz CT molecular complexity index is 1880. The number of aromatic nitrogens is 1. The number of nitrogens with zero attached hydrogens (tertiary/aromatic N) is 1. The van der Waals surface area contributed by atoms with Gasteiger partial charge in [0.25, 0.3) is 0 Å². The summed E-state index contributed by atoms with van der Waals surface area (Å²) in [6.45, 7) is 10.5. The molecule has 3 aromatic carbocycles. The van der Waals surface area contributed by atoms with Gasteiger partial charge >= 0.3 is 12.1 Å². The molecule has 0 radical (unpaired) electrons. The Balaban J connectivity index is 1.05. The molecule has 0 saturated carbocycles. The Morgan fingerprint density at radius 3 is 1.73 bits per heavy atom. The molecule has 14 heteroatoms. The fraction of sp³-hybridized carbons (Fsp3) is 0.480. The van der Waals surface area contributed by atoms with Crippen LogP contribution in [-0.4, -0.2) is 106 Å². The number of carbonyl (C=O) groups is 3. The molecule has 1 aromatic heterocycles. The van der Waals surface area contributed by atoms with Crippen molar-refractivity contribution in [2.75, 3.05) is 72.6 Å². The molecule has 2 amide bonds. The van der Waals surface area contributed by atoms with Gasteiger partial charge in [0.1, 0.15) is 17.1 Å². The molecule has 0 aliphatic carbocycles. The third-order valence-corrected chi connectivity index (χ3v) is 9.42. The second-order valence-corrected chi connectivity index (χ2v) is 16.0. The lowest BCUT2D eigenvalue weighted by molar-refractivity contribution is -0.137. The molecule has 0 aliphatic heterocycles. The Morgan fingerprint density at radius 1 is 0.562 bits per heavy atom. The first-order valence-corrected chi connectivity index (χ1v) is 22.4. The van der Waals surface area contributed by atoms with E-state index in [4.69, 9.17) is 38.1 Å². The number of ether oxygens (including phenoxy) is 7. The molecule has 0 saturated heterocycles. The van der Waals surface area contributed by atoms with Crippen LogP contribution in [0.1, 0.15) is 77.7 Å². The van der Waals surface area contributed by atoms with Crippen LogP contribution in [0.3, 0.4) is 0 Å². The highest BCUT2D eigenvalue weighted by Crippen LogP contribution is 2.31. The van der Waals surface area contributed by atoms with Crippen LogP contribution in [0.4, 0.5) is 4.79 Å². The van der Waals surface area contributed by atoms with Crippen molar-refractivity contribution in [1.29, 1.82) is 0 Å². The summed E-state index contributed by atoms with van der Waals surface area (Å²) in [5.41, 5.74) is 4.21. The highest BCUT2D eigenvalue weighted by atomic mass is 16.6. The van der Waals surface area contributed by atoms with Gasteiger partial charge < -0.3 is 48.9 Å². The third kappa shape index (κ3) is 21.6. The zero-order valence-corrected chi connectivity index (χ0v) is 37.8. The second kappa shape index (κ2) is 29.6. The maximum Gasteiger partial charge on any atom is 0.407 e. The number of hydrogen-bond acceptors (Lipinski definition) is 11. The van der Waals surface area contributed by atoms with Crippen LogP contribution in [-0.2, 0) is 35.0 Å². The minimum atomic E-state index is -0.906. The van der Waals surface area contributed by atoms with Crippen molar-refractivity contribution in [3.8, 4) is 39.8 Å². The summed E-state index contributed by atoms with van der Waals surface area (Å²) in [6.07, 6.45) is 4.37. The fourth-order valence-electron chi connectivity index (χ4n) is 6.29. The number of rotatable bonds is 32. The maximum atomic E-state index is 12.4. The Kier molecular flexibility index (Phi) is 23.6. The lowest BCUT2D eigenvalue weighted by Crippen LogP contribution is -2.33. The lowest BCUT2D eigenvalue weighted by atomic mass is 10.0. The van der Waals surface area contributed by atoms with E-state index in [2.05, 4.69) is 28.8 Å². The quantitative estimate of drug-likeness (QED) is 0.0399. The van der Waals surface area contributed by atoms with Gasteiger partial charge in [-0.3, -0.25) is 9.59 Å². The van der Waals surface area contributed by atoms with Crippen molar-refractivity contribution in [3.63, 3.8) is 0 Å². The monoisotopic (exact) mass is 885 g/mol. The largest absolute Gasteiger partial charge is 0.493 e. The van der Waals surface area contributed by atoms with Crippen molar-refractivity contribution in [2.24, 2.45) is 0 Å². The minimum absolute atomic E-state index is 0.0626. The Hall–Kier alpha value is -5.70. The predicted octanol–water partition coefficient (Wildman–Crippen LogP) is 8.69. The standard InChI is InChI=1S/C50H67N3O11/c1-50(2,3)64-49(57)52-27-16-29-59-34-36-60-35-33-58-28-15-26-51-46(54)23-14-32-62-45-22-13-21-44(42(45)24-25-48(55)56)61-30-11-6-12-31-63-47-38-41(39-17-7-4-8-18-39)37-43(53-47)40-19-9-5-10-20-40/h4-5,7-10,13,17-22,37-38H,6,11-12,14-16,23-36H2,1-3H3,(H,51,54)(H,52,57)(H,55,56). The van der Waals surface area contributed by atoms with E-state index < -0.39 is 17.7 Å². The lowest BCUT2D eigenvalue weighted by Gasteiger charge is -2.19. The molecule has 4 rings (SSSR count). The molecule has 4 aromatic rings. The smallest absolute Gasteiger partial charge is 0.407 e. The average Bonchev–Trinajstić information content (AvgIpc) is 3.28. The second-order valence-electron chi connectivity index (χ2n) is 16.0. The summed E-state index contributed by atoms with van der Waals surface area (Å²) in [7, 11) is 0. The van der Waals surface area contributed by atoms with Gasteiger partial charge in [-0.05, 0) is 95.0 Å². The van der Waals surface area contributed by atoms with E-state index in [9.17, 15) is 19.5 Å². The number of benzene rings is 3. The number of alkyl carbamates (subject to hydrolysis) is 1. The number of carboxylic acids is 1. The molecule has 0 aliphatic rings. The molecule has 0 spiro atoms. The molecule has 348 valence electrons. The first kappa shape index (κ1) is 50.9. The fourth-order valence-corrected chi connectivity index (χ4v) is 6.29. The molecule has 14 nitrogen and oxygen atoms in total. The summed E-state index contributed by atoms with van der Waals surface area (Å²) in [6, 6.07) is 29.8. The van der Waals surface area contributed by atoms with Crippen LogP contribution >= 0.6 is 0 Å². The zero-order valence-electron chi connectivity index (χ0n) is 37.8. The van der Waals surface area contributed by atoms with E-state index in [1.54, 1.807) is 6.07 Å². The van der Waals surface area contributed by atoms with Crippen molar-refractivity contribution in [3.05, 3.63) is 96.6 Å². The molecule has 3 N–H and O–H groups in total. The van der Waals surface area contributed by atoms with Gasteiger partial charge in [-0.15, -0.1) is 0 Å². The number of aliphatic carboxylic acids is 1. The zero-order chi connectivity index (χ0) is 45.7. The Labute approximate surface area is 378 Å². The molecule has 64 heavy (non-hydrogen) atoms. The van der Waals surface area contributed by atoms with Crippen molar-refractivity contribution < 1.29 is 52.6 Å². The van der Waals surface area contributed by atoms with E-state index in [0.717, 1.165) is 41.6 Å². The summed E-state index contributed by atoms with van der Waals surface area (Å²) in [5, 5.41) is 15.0. The predicted molar refractivity (Wildman–Crippen MR) is 246 cm³/mol.